The van der Waals surface area contributed by atoms with E-state index in [0.29, 0.717) is 46.0 Å². The lowest BCUT2D eigenvalue weighted by molar-refractivity contribution is -0.137. The minimum Gasteiger partial charge on any atom is -0.481 e. The normalized spacial score (nSPS) is 20.2. The van der Waals surface area contributed by atoms with Crippen LogP contribution in [0.15, 0.2) is 69.9 Å². The van der Waals surface area contributed by atoms with Gasteiger partial charge < -0.3 is 14.2 Å². The molecule has 0 amide bonds. The predicted octanol–water partition coefficient (Wildman–Crippen LogP) is 6.58. The number of rotatable bonds is 7. The molecule has 43 heavy (non-hydrogen) atoms. The molecule has 0 spiro atoms. The van der Waals surface area contributed by atoms with Crippen molar-refractivity contribution < 1.29 is 32.1 Å². The highest BCUT2D eigenvalue weighted by Crippen LogP contribution is 2.55. The topological polar surface area (TPSA) is 118 Å². The van der Waals surface area contributed by atoms with Gasteiger partial charge in [0.2, 0.25) is 0 Å². The van der Waals surface area contributed by atoms with Gasteiger partial charge >= 0.3 is 16.1 Å². The number of carbonyl (C=O) groups excluding carboxylic acids is 2. The van der Waals surface area contributed by atoms with E-state index in [1.54, 1.807) is 18.2 Å². The number of benzene rings is 2. The molecule has 228 valence electrons. The summed E-state index contributed by atoms with van der Waals surface area (Å²) < 4.78 is 32.6. The maximum atomic E-state index is 14.0. The highest BCUT2D eigenvalue weighted by molar-refractivity contribution is 7.87. The van der Waals surface area contributed by atoms with Crippen molar-refractivity contribution in [1.29, 1.82) is 0 Å². The molecule has 8 nitrogen and oxygen atoms in total. The zero-order chi connectivity index (χ0) is 31.5. The smallest absolute Gasteiger partial charge is 0.339 e. The average Bonchev–Trinajstić information content (AvgIpc) is 2.87. The highest BCUT2D eigenvalue weighted by Gasteiger charge is 2.49. The number of nitrogens with zero attached hydrogens (tertiary/aromatic N) is 1. The number of Topliss-reactive ketones (excluding diaryl/α,β-unsaturated/α-hetero) is 2. The molecule has 0 saturated carbocycles. The SMILES string of the molecule is Cc1ccc(S(=O)(=O)Oc2ccc(Cl)cc2C2C3=C(CC(C)(C)CC3=O)N(CCC(=O)O)C3=C2C(=O)CC(C)(C)C3)cc1. The number of aliphatic carboxylic acids is 1. The Morgan fingerprint density at radius 3 is 1.98 bits per heavy atom. The monoisotopic (exact) mass is 625 g/mol. The molecule has 2 aromatic rings. The lowest BCUT2D eigenvalue weighted by Crippen LogP contribution is -2.45. The van der Waals surface area contributed by atoms with Gasteiger partial charge in [-0.05, 0) is 60.9 Å². The molecule has 0 saturated heterocycles. The van der Waals surface area contributed by atoms with Gasteiger partial charge in [-0.15, -0.1) is 0 Å². The van der Waals surface area contributed by atoms with Crippen molar-refractivity contribution in [3.05, 3.63) is 81.2 Å². The first-order valence-corrected chi connectivity index (χ1v) is 16.1. The van der Waals surface area contributed by atoms with Gasteiger partial charge in [0, 0.05) is 58.4 Å². The van der Waals surface area contributed by atoms with Crippen molar-refractivity contribution >= 4 is 39.3 Å². The van der Waals surface area contributed by atoms with Gasteiger partial charge in [0.25, 0.3) is 0 Å². The molecule has 1 aliphatic heterocycles. The molecular formula is C33H36ClNO7S. The number of allylic oxidation sites excluding steroid dienone is 4. The summed E-state index contributed by atoms with van der Waals surface area (Å²) in [6.07, 6.45) is 1.22. The van der Waals surface area contributed by atoms with Gasteiger partial charge in [-0.25, -0.2) is 0 Å². The largest absolute Gasteiger partial charge is 0.481 e. The number of aryl methyl sites for hydroxylation is 1. The first kappa shape index (κ1) is 31.0. The van der Waals surface area contributed by atoms with Gasteiger partial charge in [-0.2, -0.15) is 8.42 Å². The van der Waals surface area contributed by atoms with Crippen LogP contribution in [0.25, 0.3) is 0 Å². The van der Waals surface area contributed by atoms with E-state index in [0.717, 1.165) is 5.56 Å². The molecule has 0 aromatic heterocycles. The number of carbonyl (C=O) groups is 3. The Labute approximate surface area is 257 Å². The Kier molecular flexibility index (Phi) is 7.88. The summed E-state index contributed by atoms with van der Waals surface area (Å²) in [6, 6.07) is 10.8. The number of carboxylic acids is 1. The van der Waals surface area contributed by atoms with Crippen molar-refractivity contribution in [2.75, 3.05) is 6.54 Å². The van der Waals surface area contributed by atoms with Crippen LogP contribution >= 0.6 is 11.6 Å². The fourth-order valence-electron chi connectivity index (χ4n) is 6.53. The minimum absolute atomic E-state index is 0.0251. The van der Waals surface area contributed by atoms with E-state index in [1.165, 1.54) is 24.3 Å². The second-order valence-corrected chi connectivity index (χ2v) is 15.3. The lowest BCUT2D eigenvalue weighted by Gasteiger charge is -2.49. The van der Waals surface area contributed by atoms with Crippen molar-refractivity contribution in [2.24, 2.45) is 10.8 Å². The number of carboxylic acid groups (broad SMARTS) is 1. The number of ketones is 2. The maximum Gasteiger partial charge on any atom is 0.339 e. The molecule has 3 aliphatic rings. The first-order valence-electron chi connectivity index (χ1n) is 14.3. The molecule has 0 bridgehead atoms. The van der Waals surface area contributed by atoms with Crippen LogP contribution < -0.4 is 4.18 Å². The van der Waals surface area contributed by atoms with E-state index in [9.17, 15) is 27.9 Å². The van der Waals surface area contributed by atoms with Crippen molar-refractivity contribution in [3.8, 4) is 5.75 Å². The summed E-state index contributed by atoms with van der Waals surface area (Å²) in [5.41, 5.74) is 2.47. The number of hydrogen-bond donors (Lipinski definition) is 1. The van der Waals surface area contributed by atoms with Gasteiger partial charge in [-0.3, -0.25) is 14.4 Å². The average molecular weight is 626 g/mol. The van der Waals surface area contributed by atoms with E-state index in [2.05, 4.69) is 0 Å². The van der Waals surface area contributed by atoms with E-state index in [1.807, 2.05) is 39.5 Å². The molecule has 0 fully saturated rings. The van der Waals surface area contributed by atoms with Gasteiger partial charge in [-0.1, -0.05) is 57.0 Å². The van der Waals surface area contributed by atoms with E-state index in [-0.39, 0.29) is 48.0 Å². The molecular weight excluding hydrogens is 590 g/mol. The van der Waals surface area contributed by atoms with Gasteiger partial charge in [0.05, 0.1) is 6.42 Å². The van der Waals surface area contributed by atoms with Gasteiger partial charge in [0.1, 0.15) is 10.6 Å². The Bertz CT molecular complexity index is 1650. The second-order valence-electron chi connectivity index (χ2n) is 13.4. The Balaban J connectivity index is 1.75. The van der Waals surface area contributed by atoms with Crippen LogP contribution in [0.2, 0.25) is 5.02 Å². The highest BCUT2D eigenvalue weighted by atomic mass is 35.5. The van der Waals surface area contributed by atoms with Crippen LogP contribution in [0.4, 0.5) is 0 Å². The summed E-state index contributed by atoms with van der Waals surface area (Å²) >= 11 is 6.49. The molecule has 2 aliphatic carbocycles. The fraction of sp³-hybridized carbons (Fsp3) is 0.424. The zero-order valence-electron chi connectivity index (χ0n) is 25.0. The molecule has 0 atom stereocenters. The number of halogens is 1. The third-order valence-electron chi connectivity index (χ3n) is 8.36. The summed E-state index contributed by atoms with van der Waals surface area (Å²) in [6.45, 7) is 9.90. The summed E-state index contributed by atoms with van der Waals surface area (Å²) in [5.74, 6) is -2.27. The van der Waals surface area contributed by atoms with Crippen LogP contribution in [0.5, 0.6) is 5.75 Å². The minimum atomic E-state index is -4.28. The summed E-state index contributed by atoms with van der Waals surface area (Å²) in [5, 5.41) is 9.87. The van der Waals surface area contributed by atoms with E-state index >= 15 is 0 Å². The zero-order valence-corrected chi connectivity index (χ0v) is 26.6. The molecule has 2 aromatic carbocycles. The summed E-state index contributed by atoms with van der Waals surface area (Å²) in [4.78, 5) is 41.6. The third kappa shape index (κ3) is 6.15. The van der Waals surface area contributed by atoms with Crippen LogP contribution in [0.1, 0.15) is 76.8 Å². The molecule has 10 heteroatoms. The molecule has 0 radical (unpaired) electrons. The van der Waals surface area contributed by atoms with Crippen LogP contribution in [-0.4, -0.2) is 42.5 Å². The second kappa shape index (κ2) is 10.9. The van der Waals surface area contributed by atoms with Crippen LogP contribution in [0, 0.1) is 17.8 Å². The Morgan fingerprint density at radius 2 is 1.47 bits per heavy atom. The maximum absolute atomic E-state index is 14.0. The lowest BCUT2D eigenvalue weighted by atomic mass is 9.63. The van der Waals surface area contributed by atoms with E-state index in [4.69, 9.17) is 15.8 Å². The number of hydrogen-bond acceptors (Lipinski definition) is 7. The van der Waals surface area contributed by atoms with Crippen molar-refractivity contribution in [3.63, 3.8) is 0 Å². The molecule has 5 rings (SSSR count). The first-order chi connectivity index (χ1) is 20.0. The molecule has 1 N–H and O–H groups in total. The molecule has 1 heterocycles. The van der Waals surface area contributed by atoms with Crippen molar-refractivity contribution in [2.45, 2.75) is 77.5 Å². The Morgan fingerprint density at radius 1 is 0.930 bits per heavy atom. The van der Waals surface area contributed by atoms with Crippen molar-refractivity contribution in [1.82, 2.24) is 4.90 Å². The standard InChI is InChI=1S/C33H36ClNO7S/c1-19-6-9-21(10-7-19)43(40,41)42-27-11-8-20(34)14-22(27)29-30-23(15-32(2,3)17-25(30)36)35(13-12-28(38)39)24-16-33(4,5)18-26(37)31(24)29/h6-11,14,29H,12-13,15-18H2,1-5H3,(H,38,39). The third-order valence-corrected chi connectivity index (χ3v) is 9.85. The fourth-order valence-corrected chi connectivity index (χ4v) is 7.66. The van der Waals surface area contributed by atoms with Crippen LogP contribution in [0.3, 0.4) is 0 Å². The molecule has 0 unspecified atom stereocenters. The van der Waals surface area contributed by atoms with E-state index < -0.39 is 32.8 Å². The van der Waals surface area contributed by atoms with Crippen LogP contribution in [-0.2, 0) is 24.5 Å². The quantitative estimate of drug-likeness (QED) is 0.343. The predicted molar refractivity (Wildman–Crippen MR) is 162 cm³/mol. The summed E-state index contributed by atoms with van der Waals surface area (Å²) in [7, 11) is -4.28. The Hall–Kier alpha value is -3.43. The van der Waals surface area contributed by atoms with Gasteiger partial charge in [0.15, 0.2) is 11.6 Å².